The van der Waals surface area contributed by atoms with Gasteiger partial charge in [0.2, 0.25) is 5.88 Å². The summed E-state index contributed by atoms with van der Waals surface area (Å²) in [4.78, 5) is 18.7. The highest BCUT2D eigenvalue weighted by atomic mass is 19.1. The van der Waals surface area contributed by atoms with Gasteiger partial charge in [-0.05, 0) is 99.9 Å². The van der Waals surface area contributed by atoms with E-state index in [1.807, 2.05) is 18.7 Å². The fourth-order valence-electron chi connectivity index (χ4n) is 9.83. The molecular weight excluding hydrogens is 694 g/mol. The van der Waals surface area contributed by atoms with E-state index in [9.17, 15) is 15.5 Å². The van der Waals surface area contributed by atoms with Crippen LogP contribution in [0.3, 0.4) is 0 Å². The third kappa shape index (κ3) is 6.26. The minimum atomic E-state index is -1.24. The Hall–Kier alpha value is -4.38. The van der Waals surface area contributed by atoms with Gasteiger partial charge < -0.3 is 29.3 Å². The van der Waals surface area contributed by atoms with E-state index in [0.717, 1.165) is 51.5 Å². The SMILES string of the molecule is CCc1c(F)ccc2cc(O)cc(-c3nc(OC)c4c(N5CCOC[C@@](C)(O)C5)nc(OC[C@]56CCC[C@H]5N(C5CC(C)(C#N)C5)CCC6)nc4c3F)c12. The summed E-state index contributed by atoms with van der Waals surface area (Å²) in [5.41, 5.74) is -1.35. The first-order valence-corrected chi connectivity index (χ1v) is 19.1. The van der Waals surface area contributed by atoms with Crippen molar-refractivity contribution in [3.05, 3.63) is 41.5 Å². The maximum atomic E-state index is 17.4. The zero-order valence-corrected chi connectivity index (χ0v) is 31.4. The van der Waals surface area contributed by atoms with Crippen molar-refractivity contribution in [3.8, 4) is 35.0 Å². The van der Waals surface area contributed by atoms with Crippen molar-refractivity contribution in [1.29, 1.82) is 5.26 Å². The van der Waals surface area contributed by atoms with E-state index in [2.05, 4.69) is 16.0 Å². The van der Waals surface area contributed by atoms with Crippen LogP contribution in [0.15, 0.2) is 24.3 Å². The normalized spacial score (nSPS) is 28.7. The number of nitriles is 1. The van der Waals surface area contributed by atoms with Crippen LogP contribution in [-0.2, 0) is 11.2 Å². The average Bonchev–Trinajstić information content (AvgIpc) is 3.49. The number of nitrogens with zero attached hydrogens (tertiary/aromatic N) is 6. The highest BCUT2D eigenvalue weighted by molar-refractivity contribution is 6.03. The molecule has 54 heavy (non-hydrogen) atoms. The molecule has 2 aromatic heterocycles. The second-order valence-corrected chi connectivity index (χ2v) is 16.4. The Morgan fingerprint density at radius 2 is 1.87 bits per heavy atom. The van der Waals surface area contributed by atoms with E-state index < -0.39 is 17.2 Å². The molecule has 4 aliphatic rings. The Balaban J connectivity index is 1.25. The predicted octanol–water partition coefficient (Wildman–Crippen LogP) is 6.69. The van der Waals surface area contributed by atoms with Crippen molar-refractivity contribution in [2.75, 3.05) is 51.5 Å². The van der Waals surface area contributed by atoms with Crippen molar-refractivity contribution in [2.45, 2.75) is 89.8 Å². The molecule has 8 rings (SSSR count). The number of methoxy groups -OCH3 is 1. The molecule has 2 N–H and O–H groups in total. The number of pyridine rings is 1. The quantitative estimate of drug-likeness (QED) is 0.200. The molecule has 2 aliphatic heterocycles. The zero-order chi connectivity index (χ0) is 38.0. The van der Waals surface area contributed by atoms with Crippen molar-refractivity contribution >= 4 is 27.5 Å². The number of aromatic hydroxyl groups is 1. The van der Waals surface area contributed by atoms with Gasteiger partial charge in [-0.3, -0.25) is 4.90 Å². The number of hydrogen-bond donors (Lipinski definition) is 2. The number of phenols is 1. The summed E-state index contributed by atoms with van der Waals surface area (Å²) in [5.74, 6) is -1.06. The van der Waals surface area contributed by atoms with Crippen LogP contribution in [0.25, 0.3) is 32.9 Å². The lowest BCUT2D eigenvalue weighted by Gasteiger charge is -2.54. The summed E-state index contributed by atoms with van der Waals surface area (Å²) in [6.07, 6.45) is 7.18. The lowest BCUT2D eigenvalue weighted by atomic mass is 9.65. The molecule has 13 heteroatoms. The van der Waals surface area contributed by atoms with Crippen molar-refractivity contribution < 1.29 is 33.2 Å². The van der Waals surface area contributed by atoms with Crippen LogP contribution in [0.4, 0.5) is 14.6 Å². The van der Waals surface area contributed by atoms with E-state index >= 15 is 8.78 Å². The van der Waals surface area contributed by atoms with Crippen molar-refractivity contribution in [1.82, 2.24) is 19.9 Å². The van der Waals surface area contributed by atoms with Gasteiger partial charge in [0.25, 0.3) is 0 Å². The molecule has 0 unspecified atom stereocenters. The van der Waals surface area contributed by atoms with Gasteiger partial charge in [0.15, 0.2) is 5.82 Å². The van der Waals surface area contributed by atoms with E-state index in [0.29, 0.717) is 54.6 Å². The molecule has 4 heterocycles. The van der Waals surface area contributed by atoms with E-state index in [1.165, 1.54) is 25.3 Å². The third-order valence-corrected chi connectivity index (χ3v) is 12.4. The number of aliphatic hydroxyl groups is 1. The third-order valence-electron chi connectivity index (χ3n) is 12.4. The van der Waals surface area contributed by atoms with Crippen LogP contribution in [-0.4, -0.2) is 94.3 Å². The first kappa shape index (κ1) is 36.6. The monoisotopic (exact) mass is 742 g/mol. The Labute approximate surface area is 313 Å². The van der Waals surface area contributed by atoms with Crippen molar-refractivity contribution in [3.63, 3.8) is 0 Å². The molecule has 0 spiro atoms. The maximum Gasteiger partial charge on any atom is 0.319 e. The Morgan fingerprint density at radius 3 is 2.63 bits per heavy atom. The van der Waals surface area contributed by atoms with Gasteiger partial charge in [-0.15, -0.1) is 0 Å². The minimum absolute atomic E-state index is 0.0145. The molecular formula is C41H48F2N6O5. The van der Waals surface area contributed by atoms with Gasteiger partial charge in [-0.1, -0.05) is 19.4 Å². The number of halogens is 2. The van der Waals surface area contributed by atoms with Crippen LogP contribution in [0.2, 0.25) is 0 Å². The van der Waals surface area contributed by atoms with Crippen LogP contribution in [0.5, 0.6) is 17.6 Å². The molecule has 2 saturated carbocycles. The molecule has 11 nitrogen and oxygen atoms in total. The molecule has 2 aliphatic carbocycles. The number of aryl methyl sites for hydroxylation is 1. The van der Waals surface area contributed by atoms with E-state index in [4.69, 9.17) is 24.2 Å². The number of phenolic OH excluding ortho intramolecular Hbond substituents is 1. The number of aromatic nitrogens is 3. The smallest absolute Gasteiger partial charge is 0.319 e. The molecule has 2 aromatic carbocycles. The number of likely N-dealkylation sites (tertiary alicyclic amines) is 1. The van der Waals surface area contributed by atoms with Crippen LogP contribution in [0.1, 0.15) is 71.3 Å². The lowest BCUT2D eigenvalue weighted by molar-refractivity contribution is -0.0629. The zero-order valence-electron chi connectivity index (χ0n) is 31.4. The number of piperidine rings is 1. The number of fused-ring (bicyclic) bond motifs is 3. The fourth-order valence-corrected chi connectivity index (χ4v) is 9.83. The average molecular weight is 743 g/mol. The fraction of sp³-hybridized carbons (Fsp3) is 0.561. The summed E-state index contributed by atoms with van der Waals surface area (Å²) < 4.78 is 50.7. The summed E-state index contributed by atoms with van der Waals surface area (Å²) in [5, 5.41) is 32.8. The molecule has 3 atom stereocenters. The first-order chi connectivity index (χ1) is 25.9. The topological polar surface area (TPSA) is 137 Å². The van der Waals surface area contributed by atoms with Crippen molar-refractivity contribution in [2.24, 2.45) is 10.8 Å². The van der Waals surface area contributed by atoms with E-state index in [-0.39, 0.29) is 69.6 Å². The number of hydrogen-bond acceptors (Lipinski definition) is 11. The number of ether oxygens (including phenoxy) is 3. The van der Waals surface area contributed by atoms with Gasteiger partial charge in [0.05, 0.1) is 45.0 Å². The van der Waals surface area contributed by atoms with Gasteiger partial charge in [0.1, 0.15) is 39.6 Å². The van der Waals surface area contributed by atoms with Crippen LogP contribution < -0.4 is 14.4 Å². The Kier molecular flexibility index (Phi) is 9.30. The molecule has 4 aromatic rings. The van der Waals surface area contributed by atoms with Crippen LogP contribution >= 0.6 is 0 Å². The number of benzene rings is 2. The largest absolute Gasteiger partial charge is 0.508 e. The molecule has 2 saturated heterocycles. The number of anilines is 1. The van der Waals surface area contributed by atoms with Crippen LogP contribution in [0, 0.1) is 33.8 Å². The molecule has 4 fully saturated rings. The van der Waals surface area contributed by atoms with Gasteiger partial charge in [0, 0.05) is 29.6 Å². The summed E-state index contributed by atoms with van der Waals surface area (Å²) >= 11 is 0. The summed E-state index contributed by atoms with van der Waals surface area (Å²) in [7, 11) is 1.42. The standard InChI is InChI=1S/C41H48F2N6O5/c1-5-27-29(42)10-9-24-16-26(50)17-28(31(24)27)34-33(43)35-32(37(45-34)52-4)36(48-14-15-53-22-40(3,51)21-48)47-38(46-35)54-23-41-11-6-8-30(41)49(13-7-12-41)25-18-39(2,19-25)20-44/h9-10,16-17,25,30,50-51H,5-8,11-15,18-19,21-23H2,1-4H3/t25?,30-,39?,40+,41-/m1/s1. The second kappa shape index (κ2) is 13.7. The van der Waals surface area contributed by atoms with E-state index in [1.54, 1.807) is 13.0 Å². The van der Waals surface area contributed by atoms with Gasteiger partial charge in [-0.25, -0.2) is 13.8 Å². The Morgan fingerprint density at radius 1 is 1.07 bits per heavy atom. The predicted molar refractivity (Wildman–Crippen MR) is 200 cm³/mol. The minimum Gasteiger partial charge on any atom is -0.508 e. The molecule has 0 bridgehead atoms. The summed E-state index contributed by atoms with van der Waals surface area (Å²) in [6.45, 7) is 7.75. The first-order valence-electron chi connectivity index (χ1n) is 19.1. The molecule has 0 amide bonds. The van der Waals surface area contributed by atoms with Gasteiger partial charge >= 0.3 is 6.01 Å². The Bertz CT molecular complexity index is 2150. The highest BCUT2D eigenvalue weighted by Crippen LogP contribution is 2.53. The highest BCUT2D eigenvalue weighted by Gasteiger charge is 2.54. The number of rotatable bonds is 8. The second-order valence-electron chi connectivity index (χ2n) is 16.4. The maximum absolute atomic E-state index is 17.4. The lowest BCUT2D eigenvalue weighted by Crippen LogP contribution is -2.60. The van der Waals surface area contributed by atoms with Gasteiger partial charge in [-0.2, -0.15) is 15.2 Å². The number of β-amino-alcohol motifs (C(OH)–C–C–N with tert-alkyl or cyclic N) is 1. The molecule has 286 valence electrons. The molecule has 0 radical (unpaired) electrons. The summed E-state index contributed by atoms with van der Waals surface area (Å²) in [6, 6.07) is 8.96.